The normalized spacial score (nSPS) is 16.9. The van der Waals surface area contributed by atoms with Gasteiger partial charge in [0, 0.05) is 38.6 Å². The van der Waals surface area contributed by atoms with Gasteiger partial charge in [0.1, 0.15) is 12.4 Å². The highest BCUT2D eigenvalue weighted by atomic mass is 35.5. The Balaban J connectivity index is 0.00000578. The zero-order chi connectivity index (χ0) is 24.6. The minimum Gasteiger partial charge on any atom is -0.481 e. The SMILES string of the molecule is CC#CCOc1ccc(S(=O)(=O)N(CCCN2CCN(C)CC2)C(O)(C(N)=O)C(C)C)cc1.Cl. The number of carbonyl (C=O) groups is 1. The van der Waals surface area contributed by atoms with E-state index in [9.17, 15) is 18.3 Å². The summed E-state index contributed by atoms with van der Waals surface area (Å²) in [6.45, 7) is 9.29. The number of carbonyl (C=O) groups excluding carboxylic acids is 1. The molecular formula is C23H37ClN4O5S. The van der Waals surface area contributed by atoms with E-state index >= 15 is 0 Å². The first-order chi connectivity index (χ1) is 15.5. The lowest BCUT2D eigenvalue weighted by Crippen LogP contribution is -2.63. The number of halogens is 1. The Morgan fingerprint density at radius 1 is 1.24 bits per heavy atom. The second-order valence-electron chi connectivity index (χ2n) is 8.51. The van der Waals surface area contributed by atoms with Crippen LogP contribution in [0, 0.1) is 17.8 Å². The molecule has 11 heteroatoms. The molecular weight excluding hydrogens is 480 g/mol. The average Bonchev–Trinajstić information content (AvgIpc) is 2.77. The van der Waals surface area contributed by atoms with Gasteiger partial charge in [-0.1, -0.05) is 19.8 Å². The van der Waals surface area contributed by atoms with E-state index in [0.29, 0.717) is 18.7 Å². The van der Waals surface area contributed by atoms with E-state index < -0.39 is 27.6 Å². The molecule has 0 aromatic heterocycles. The van der Waals surface area contributed by atoms with Crippen LogP contribution in [-0.2, 0) is 14.8 Å². The largest absolute Gasteiger partial charge is 0.481 e. The quantitative estimate of drug-likeness (QED) is 0.332. The van der Waals surface area contributed by atoms with Gasteiger partial charge in [0.25, 0.3) is 5.91 Å². The number of likely N-dealkylation sites (N-methyl/N-ethyl adjacent to an activating group) is 1. The molecule has 1 heterocycles. The minimum absolute atomic E-state index is 0. The zero-order valence-electron chi connectivity index (χ0n) is 20.4. The Morgan fingerprint density at radius 2 is 1.82 bits per heavy atom. The van der Waals surface area contributed by atoms with Crippen molar-refractivity contribution in [1.29, 1.82) is 0 Å². The van der Waals surface area contributed by atoms with Crippen molar-refractivity contribution in [1.82, 2.24) is 14.1 Å². The van der Waals surface area contributed by atoms with Gasteiger partial charge in [-0.25, -0.2) is 8.42 Å². The van der Waals surface area contributed by atoms with Crippen LogP contribution in [0.2, 0.25) is 0 Å². The molecule has 1 aromatic carbocycles. The summed E-state index contributed by atoms with van der Waals surface area (Å²) in [5.41, 5.74) is 3.17. The Kier molecular flexibility index (Phi) is 11.8. The number of ether oxygens (including phenoxy) is 1. The van der Waals surface area contributed by atoms with Crippen molar-refractivity contribution in [3.63, 3.8) is 0 Å². The molecule has 0 aliphatic carbocycles. The molecule has 1 amide bonds. The van der Waals surface area contributed by atoms with Crippen LogP contribution >= 0.6 is 12.4 Å². The highest BCUT2D eigenvalue weighted by Gasteiger charge is 2.49. The van der Waals surface area contributed by atoms with Crippen LogP contribution in [0.1, 0.15) is 27.2 Å². The second-order valence-corrected chi connectivity index (χ2v) is 10.4. The molecule has 3 N–H and O–H groups in total. The van der Waals surface area contributed by atoms with Gasteiger partial charge in [-0.05, 0) is 51.2 Å². The fourth-order valence-electron chi connectivity index (χ4n) is 3.71. The molecule has 0 bridgehead atoms. The molecule has 1 aliphatic heterocycles. The van der Waals surface area contributed by atoms with E-state index in [1.54, 1.807) is 20.8 Å². The third kappa shape index (κ3) is 7.31. The van der Waals surface area contributed by atoms with Crippen LogP contribution in [0.15, 0.2) is 29.2 Å². The van der Waals surface area contributed by atoms with Crippen LogP contribution in [-0.4, -0.2) is 92.2 Å². The van der Waals surface area contributed by atoms with E-state index in [1.807, 2.05) is 0 Å². The number of hydrogen-bond donors (Lipinski definition) is 2. The summed E-state index contributed by atoms with van der Waals surface area (Å²) in [7, 11) is -2.17. The maximum atomic E-state index is 13.6. The standard InChI is InChI=1S/C23H36N4O5S.ClH/c1-5-6-18-32-20-8-10-21(11-9-20)33(30,31)27(23(29,19(2)3)22(24)28)13-7-12-26-16-14-25(4)15-17-26;/h8-11,19,29H,7,12-18H2,1-4H3,(H2,24,28);1H. The fraction of sp³-hybridized carbons (Fsp3) is 0.609. The lowest BCUT2D eigenvalue weighted by Gasteiger charge is -2.39. The van der Waals surface area contributed by atoms with Gasteiger partial charge < -0.3 is 25.4 Å². The number of nitrogens with zero attached hydrogens (tertiary/aromatic N) is 3. The molecule has 1 fully saturated rings. The van der Waals surface area contributed by atoms with Crippen LogP contribution in [0.25, 0.3) is 0 Å². The number of aliphatic hydroxyl groups is 1. The van der Waals surface area contributed by atoms with E-state index in [-0.39, 0.29) is 30.5 Å². The first-order valence-electron chi connectivity index (χ1n) is 11.1. The van der Waals surface area contributed by atoms with Gasteiger partial charge in [0.15, 0.2) is 0 Å². The number of hydrogen-bond acceptors (Lipinski definition) is 7. The fourth-order valence-corrected chi connectivity index (χ4v) is 5.48. The molecule has 9 nitrogen and oxygen atoms in total. The van der Waals surface area contributed by atoms with E-state index in [0.717, 1.165) is 30.5 Å². The summed E-state index contributed by atoms with van der Waals surface area (Å²) in [6.07, 6.45) is 0.447. The molecule has 0 radical (unpaired) electrons. The summed E-state index contributed by atoms with van der Waals surface area (Å²) in [4.78, 5) is 16.7. The Hall–Kier alpha value is -1.87. The number of amides is 1. The lowest BCUT2D eigenvalue weighted by molar-refractivity contribution is -0.158. The number of sulfonamides is 1. The molecule has 0 saturated carbocycles. The number of piperazine rings is 1. The molecule has 1 aromatic rings. The van der Waals surface area contributed by atoms with Crippen molar-refractivity contribution in [2.75, 3.05) is 52.9 Å². The van der Waals surface area contributed by atoms with Gasteiger partial charge >= 0.3 is 0 Å². The van der Waals surface area contributed by atoms with Gasteiger partial charge in [-0.2, -0.15) is 4.31 Å². The Morgan fingerprint density at radius 3 is 2.32 bits per heavy atom. The summed E-state index contributed by atoms with van der Waals surface area (Å²) in [5, 5.41) is 11.2. The van der Waals surface area contributed by atoms with Crippen LogP contribution in [0.5, 0.6) is 5.75 Å². The number of benzene rings is 1. The Bertz CT molecular complexity index is 954. The van der Waals surface area contributed by atoms with E-state index in [2.05, 4.69) is 28.7 Å². The van der Waals surface area contributed by atoms with Crippen LogP contribution < -0.4 is 10.5 Å². The monoisotopic (exact) mass is 516 g/mol. The molecule has 2 rings (SSSR count). The molecule has 1 aliphatic rings. The van der Waals surface area contributed by atoms with Crippen molar-refractivity contribution < 1.29 is 23.1 Å². The summed E-state index contributed by atoms with van der Waals surface area (Å²) < 4.78 is 33.4. The van der Waals surface area contributed by atoms with Gasteiger partial charge in [-0.3, -0.25) is 4.79 Å². The van der Waals surface area contributed by atoms with Crippen molar-refractivity contribution >= 4 is 28.3 Å². The lowest BCUT2D eigenvalue weighted by atomic mass is 9.98. The van der Waals surface area contributed by atoms with Gasteiger partial charge in [0.2, 0.25) is 15.7 Å². The van der Waals surface area contributed by atoms with Gasteiger partial charge in [0.05, 0.1) is 4.90 Å². The first kappa shape index (κ1) is 30.2. The highest BCUT2D eigenvalue weighted by Crippen LogP contribution is 2.30. The van der Waals surface area contributed by atoms with E-state index in [1.165, 1.54) is 24.3 Å². The molecule has 1 atom stereocenters. The molecule has 192 valence electrons. The third-order valence-corrected chi connectivity index (χ3v) is 7.79. The van der Waals surface area contributed by atoms with Crippen molar-refractivity contribution in [2.24, 2.45) is 11.7 Å². The molecule has 0 spiro atoms. The maximum Gasteiger partial charge on any atom is 0.266 e. The maximum absolute atomic E-state index is 13.6. The molecule has 1 saturated heterocycles. The second kappa shape index (κ2) is 13.3. The minimum atomic E-state index is -4.23. The van der Waals surface area contributed by atoms with Crippen molar-refractivity contribution in [3.8, 4) is 17.6 Å². The molecule has 34 heavy (non-hydrogen) atoms. The summed E-state index contributed by atoms with van der Waals surface area (Å²) in [5.74, 6) is 4.10. The van der Waals surface area contributed by atoms with Crippen molar-refractivity contribution in [2.45, 2.75) is 37.8 Å². The number of rotatable bonds is 11. The predicted molar refractivity (Wildman–Crippen MR) is 134 cm³/mol. The average molecular weight is 517 g/mol. The van der Waals surface area contributed by atoms with Crippen LogP contribution in [0.4, 0.5) is 0 Å². The molecule has 1 unspecified atom stereocenters. The Labute approximate surface area is 209 Å². The third-order valence-electron chi connectivity index (χ3n) is 5.88. The predicted octanol–water partition coefficient (Wildman–Crippen LogP) is 0.969. The summed E-state index contributed by atoms with van der Waals surface area (Å²) in [6, 6.07) is 5.81. The van der Waals surface area contributed by atoms with Gasteiger partial charge in [-0.15, -0.1) is 18.3 Å². The topological polar surface area (TPSA) is 116 Å². The van der Waals surface area contributed by atoms with E-state index in [4.69, 9.17) is 10.5 Å². The van der Waals surface area contributed by atoms with Crippen LogP contribution in [0.3, 0.4) is 0 Å². The smallest absolute Gasteiger partial charge is 0.266 e. The van der Waals surface area contributed by atoms with Crippen molar-refractivity contribution in [3.05, 3.63) is 24.3 Å². The highest BCUT2D eigenvalue weighted by molar-refractivity contribution is 7.89. The first-order valence-corrected chi connectivity index (χ1v) is 12.6. The number of nitrogens with two attached hydrogens (primary N) is 1. The summed E-state index contributed by atoms with van der Waals surface area (Å²) >= 11 is 0. The number of primary amides is 1. The zero-order valence-corrected chi connectivity index (χ0v) is 22.0.